The molecule has 2 heteroatoms. The fourth-order valence-electron chi connectivity index (χ4n) is 1.45. The molecule has 0 bridgehead atoms. The van der Waals surface area contributed by atoms with E-state index in [0.29, 0.717) is 6.54 Å². The van der Waals surface area contributed by atoms with Crippen molar-refractivity contribution in [3.05, 3.63) is 35.9 Å². The number of aliphatic hydroxyl groups excluding tert-OH is 1. The Labute approximate surface area is 85.8 Å². The van der Waals surface area contributed by atoms with Gasteiger partial charge in [-0.15, -0.1) is 0 Å². The first-order valence-electron chi connectivity index (χ1n) is 5.00. The minimum atomic E-state index is -0.382. The van der Waals surface area contributed by atoms with E-state index < -0.39 is 0 Å². The Morgan fingerprint density at radius 2 is 1.93 bits per heavy atom. The van der Waals surface area contributed by atoms with Crippen molar-refractivity contribution in [3.63, 3.8) is 0 Å². The summed E-state index contributed by atoms with van der Waals surface area (Å²) in [7, 11) is 0. The average molecular weight is 193 g/mol. The molecule has 0 aliphatic heterocycles. The second kappa shape index (κ2) is 4.58. The van der Waals surface area contributed by atoms with E-state index in [1.165, 1.54) is 5.56 Å². The molecule has 0 aromatic heterocycles. The molecule has 0 radical (unpaired) electrons. The van der Waals surface area contributed by atoms with E-state index in [1.54, 1.807) is 6.92 Å². The maximum Gasteiger partial charge on any atom is 0.0580 e. The summed E-state index contributed by atoms with van der Waals surface area (Å²) in [5.74, 6) is 0. The zero-order valence-corrected chi connectivity index (χ0v) is 8.90. The zero-order chi connectivity index (χ0) is 10.6. The van der Waals surface area contributed by atoms with Crippen molar-refractivity contribution >= 4 is 0 Å². The molecule has 1 aromatic carbocycles. The van der Waals surface area contributed by atoms with Crippen LogP contribution in [-0.2, 0) is 6.42 Å². The van der Waals surface area contributed by atoms with Crippen molar-refractivity contribution < 1.29 is 5.11 Å². The van der Waals surface area contributed by atoms with Gasteiger partial charge < -0.3 is 10.8 Å². The lowest BCUT2D eigenvalue weighted by atomic mass is 9.79. The molecular formula is C12H19NO. The maximum atomic E-state index is 9.65. The number of aliphatic hydroxyl groups is 1. The second-order valence-electron chi connectivity index (χ2n) is 4.20. The average Bonchev–Trinajstić information content (AvgIpc) is 2.19. The Hall–Kier alpha value is -0.860. The molecule has 0 aliphatic rings. The van der Waals surface area contributed by atoms with Crippen molar-refractivity contribution in [2.75, 3.05) is 6.54 Å². The Balaban J connectivity index is 2.76. The highest BCUT2D eigenvalue weighted by Crippen LogP contribution is 2.25. The van der Waals surface area contributed by atoms with Crippen LogP contribution in [0, 0.1) is 5.41 Å². The van der Waals surface area contributed by atoms with Crippen molar-refractivity contribution in [2.24, 2.45) is 11.1 Å². The fourth-order valence-corrected chi connectivity index (χ4v) is 1.45. The number of benzene rings is 1. The van der Waals surface area contributed by atoms with Gasteiger partial charge >= 0.3 is 0 Å². The molecule has 0 heterocycles. The van der Waals surface area contributed by atoms with E-state index in [-0.39, 0.29) is 11.5 Å². The topological polar surface area (TPSA) is 46.2 Å². The summed E-state index contributed by atoms with van der Waals surface area (Å²) in [6.45, 7) is 4.32. The molecule has 0 saturated heterocycles. The van der Waals surface area contributed by atoms with Crippen molar-refractivity contribution in [3.8, 4) is 0 Å². The van der Waals surface area contributed by atoms with Gasteiger partial charge in [-0.05, 0) is 18.9 Å². The SMILES string of the molecule is C[C@@H](O)[C@@](C)(CN)Cc1ccccc1. The van der Waals surface area contributed by atoms with Crippen molar-refractivity contribution in [2.45, 2.75) is 26.4 Å². The van der Waals surface area contributed by atoms with E-state index >= 15 is 0 Å². The molecular weight excluding hydrogens is 174 g/mol. The molecule has 0 unspecified atom stereocenters. The molecule has 0 aliphatic carbocycles. The van der Waals surface area contributed by atoms with E-state index in [2.05, 4.69) is 12.1 Å². The van der Waals surface area contributed by atoms with Crippen LogP contribution in [0.4, 0.5) is 0 Å². The van der Waals surface area contributed by atoms with E-state index in [9.17, 15) is 5.11 Å². The minimum Gasteiger partial charge on any atom is -0.393 e. The molecule has 0 spiro atoms. The fraction of sp³-hybridized carbons (Fsp3) is 0.500. The molecule has 3 N–H and O–H groups in total. The lowest BCUT2D eigenvalue weighted by Crippen LogP contribution is -2.39. The smallest absolute Gasteiger partial charge is 0.0580 e. The largest absolute Gasteiger partial charge is 0.393 e. The molecule has 0 fully saturated rings. The molecule has 0 saturated carbocycles. The first kappa shape index (κ1) is 11.2. The summed E-state index contributed by atoms with van der Waals surface area (Å²) in [6, 6.07) is 10.1. The molecule has 0 amide bonds. The van der Waals surface area contributed by atoms with Crippen LogP contribution in [0.5, 0.6) is 0 Å². The summed E-state index contributed by atoms with van der Waals surface area (Å²) < 4.78 is 0. The van der Waals surface area contributed by atoms with Crippen LogP contribution in [0.1, 0.15) is 19.4 Å². The summed E-state index contributed by atoms with van der Waals surface area (Å²) in [4.78, 5) is 0. The van der Waals surface area contributed by atoms with Gasteiger partial charge in [-0.25, -0.2) is 0 Å². The molecule has 2 nitrogen and oxygen atoms in total. The number of rotatable bonds is 4. The third kappa shape index (κ3) is 2.56. The van der Waals surface area contributed by atoms with Gasteiger partial charge in [0.05, 0.1) is 6.10 Å². The lowest BCUT2D eigenvalue weighted by Gasteiger charge is -2.31. The van der Waals surface area contributed by atoms with Gasteiger partial charge in [0.25, 0.3) is 0 Å². The summed E-state index contributed by atoms with van der Waals surface area (Å²) in [5, 5.41) is 9.65. The molecule has 2 atom stereocenters. The normalized spacial score (nSPS) is 17.4. The molecule has 78 valence electrons. The minimum absolute atomic E-state index is 0.221. The zero-order valence-electron chi connectivity index (χ0n) is 8.90. The quantitative estimate of drug-likeness (QED) is 0.762. The van der Waals surface area contributed by atoms with Gasteiger partial charge in [-0.3, -0.25) is 0 Å². The first-order valence-corrected chi connectivity index (χ1v) is 5.00. The Morgan fingerprint density at radius 3 is 2.36 bits per heavy atom. The predicted molar refractivity (Wildman–Crippen MR) is 59.0 cm³/mol. The van der Waals surface area contributed by atoms with Crippen LogP contribution < -0.4 is 5.73 Å². The van der Waals surface area contributed by atoms with Gasteiger partial charge in [0.15, 0.2) is 0 Å². The van der Waals surface area contributed by atoms with Gasteiger partial charge in [0.1, 0.15) is 0 Å². The van der Waals surface area contributed by atoms with E-state index in [1.807, 2.05) is 25.1 Å². The molecule has 1 aromatic rings. The summed E-state index contributed by atoms with van der Waals surface area (Å²) in [6.07, 6.45) is 0.440. The Kier molecular flexibility index (Phi) is 3.67. The van der Waals surface area contributed by atoms with E-state index in [4.69, 9.17) is 5.73 Å². The summed E-state index contributed by atoms with van der Waals surface area (Å²) in [5.41, 5.74) is 6.70. The predicted octanol–water partition coefficient (Wildman–Crippen LogP) is 1.57. The number of hydrogen-bond acceptors (Lipinski definition) is 2. The standard InChI is InChI=1S/C12H19NO/c1-10(14)12(2,9-13)8-11-6-4-3-5-7-11/h3-7,10,14H,8-9,13H2,1-2H3/t10-,12-/m1/s1. The van der Waals surface area contributed by atoms with Crippen LogP contribution in [-0.4, -0.2) is 17.8 Å². The lowest BCUT2D eigenvalue weighted by molar-refractivity contribution is 0.0589. The number of hydrogen-bond donors (Lipinski definition) is 2. The van der Waals surface area contributed by atoms with Crippen LogP contribution in [0.2, 0.25) is 0 Å². The van der Waals surface area contributed by atoms with Crippen molar-refractivity contribution in [1.29, 1.82) is 0 Å². The van der Waals surface area contributed by atoms with Gasteiger partial charge in [0, 0.05) is 12.0 Å². The molecule has 1 rings (SSSR count). The highest BCUT2D eigenvalue weighted by atomic mass is 16.3. The Morgan fingerprint density at radius 1 is 1.36 bits per heavy atom. The third-order valence-electron chi connectivity index (χ3n) is 2.93. The van der Waals surface area contributed by atoms with Crippen LogP contribution in [0.15, 0.2) is 30.3 Å². The highest BCUT2D eigenvalue weighted by Gasteiger charge is 2.28. The van der Waals surface area contributed by atoms with E-state index in [0.717, 1.165) is 6.42 Å². The monoisotopic (exact) mass is 193 g/mol. The molecule has 14 heavy (non-hydrogen) atoms. The van der Waals surface area contributed by atoms with Crippen molar-refractivity contribution in [1.82, 2.24) is 0 Å². The number of nitrogens with two attached hydrogens (primary N) is 1. The maximum absolute atomic E-state index is 9.65. The highest BCUT2D eigenvalue weighted by molar-refractivity contribution is 5.16. The van der Waals surface area contributed by atoms with Crippen LogP contribution >= 0.6 is 0 Å². The second-order valence-corrected chi connectivity index (χ2v) is 4.20. The third-order valence-corrected chi connectivity index (χ3v) is 2.93. The van der Waals surface area contributed by atoms with Crippen LogP contribution in [0.3, 0.4) is 0 Å². The van der Waals surface area contributed by atoms with Crippen LogP contribution in [0.25, 0.3) is 0 Å². The Bertz CT molecular complexity index is 271. The van der Waals surface area contributed by atoms with Gasteiger partial charge in [-0.2, -0.15) is 0 Å². The summed E-state index contributed by atoms with van der Waals surface area (Å²) >= 11 is 0. The van der Waals surface area contributed by atoms with Gasteiger partial charge in [0.2, 0.25) is 0 Å². The van der Waals surface area contributed by atoms with Gasteiger partial charge in [-0.1, -0.05) is 37.3 Å². The first-order chi connectivity index (χ1) is 6.58.